The van der Waals surface area contributed by atoms with Crippen molar-refractivity contribution < 1.29 is 23.8 Å². The summed E-state index contributed by atoms with van der Waals surface area (Å²) in [5.41, 5.74) is 2.31. The zero-order chi connectivity index (χ0) is 26.4. The van der Waals surface area contributed by atoms with Gasteiger partial charge in [0.1, 0.15) is 17.3 Å². The summed E-state index contributed by atoms with van der Waals surface area (Å²) in [6.07, 6.45) is 8.24. The fraction of sp³-hybridized carbons (Fsp3) is 0.500. The molecule has 7 heteroatoms. The van der Waals surface area contributed by atoms with E-state index in [-0.39, 0.29) is 23.8 Å². The van der Waals surface area contributed by atoms with E-state index in [9.17, 15) is 9.59 Å². The molecule has 1 aliphatic carbocycles. The molecule has 0 bridgehead atoms. The molecule has 7 nitrogen and oxygen atoms in total. The lowest BCUT2D eigenvalue weighted by atomic mass is 9.64. The van der Waals surface area contributed by atoms with Gasteiger partial charge in [0.2, 0.25) is 12.2 Å². The molecule has 0 aromatic heterocycles. The number of Topliss-reactive ketones (excluding diaryl/α,β-unsaturated/α-hetero) is 1. The Morgan fingerprint density at radius 1 is 1.00 bits per heavy atom. The first-order chi connectivity index (χ1) is 19.0. The van der Waals surface area contributed by atoms with Crippen molar-refractivity contribution in [1.82, 2.24) is 4.90 Å². The number of carbonyl (C=O) groups excluding carboxylic acids is 2. The highest BCUT2D eigenvalue weighted by Gasteiger charge is 2.71. The van der Waals surface area contributed by atoms with Gasteiger partial charge in [-0.05, 0) is 56.9 Å². The SMILES string of the molecule is Cc1ccc(C(=O)C2C3CCCN3C(C3=CC4OC5(CCCCC5)OC4O3)C23C(=O)Nc2ccccc23)cc1. The van der Waals surface area contributed by atoms with Crippen LogP contribution >= 0.6 is 0 Å². The standard InChI is InChI=1S/C32H34N2O5/c1-19-11-13-20(14-12-19)27(35)26-23-10-7-17-34(23)28(32(26)21-8-3-4-9-22(21)33-30(32)36)24-18-25-29(37-24)39-31(38-25)15-5-2-6-16-31/h3-4,8-9,11-14,18,23,25-26,28-29H,2,5-7,10,15-17H2,1H3,(H,33,36). The highest BCUT2D eigenvalue weighted by atomic mass is 16.8. The van der Waals surface area contributed by atoms with Crippen LogP contribution in [0.2, 0.25) is 0 Å². The van der Waals surface area contributed by atoms with Crippen molar-refractivity contribution in [2.45, 2.75) is 87.5 Å². The van der Waals surface area contributed by atoms with Crippen molar-refractivity contribution in [3.63, 3.8) is 0 Å². The molecule has 8 rings (SSSR count). The van der Waals surface area contributed by atoms with E-state index in [0.717, 1.165) is 61.9 Å². The van der Waals surface area contributed by atoms with Gasteiger partial charge in [-0.2, -0.15) is 0 Å². The summed E-state index contributed by atoms with van der Waals surface area (Å²) in [6.45, 7) is 2.83. The van der Waals surface area contributed by atoms with Gasteiger partial charge in [-0.25, -0.2) is 0 Å². The molecule has 2 aromatic carbocycles. The maximum atomic E-state index is 14.5. The van der Waals surface area contributed by atoms with E-state index < -0.39 is 29.5 Å². The van der Waals surface area contributed by atoms with E-state index >= 15 is 0 Å². The molecule has 1 amide bonds. The summed E-state index contributed by atoms with van der Waals surface area (Å²) >= 11 is 0. The fourth-order valence-electron chi connectivity index (χ4n) is 8.41. The Kier molecular flexibility index (Phi) is 5.20. The minimum Gasteiger partial charge on any atom is -0.464 e. The molecule has 1 saturated carbocycles. The molecule has 0 radical (unpaired) electrons. The summed E-state index contributed by atoms with van der Waals surface area (Å²) in [5, 5.41) is 3.15. The van der Waals surface area contributed by atoms with Gasteiger partial charge in [-0.3, -0.25) is 14.5 Å². The topological polar surface area (TPSA) is 77.1 Å². The zero-order valence-corrected chi connectivity index (χ0v) is 22.2. The summed E-state index contributed by atoms with van der Waals surface area (Å²) in [7, 11) is 0. The third kappa shape index (κ3) is 3.27. The largest absolute Gasteiger partial charge is 0.464 e. The number of fused-ring (bicyclic) bond motifs is 4. The lowest BCUT2D eigenvalue weighted by molar-refractivity contribution is -0.221. The van der Waals surface area contributed by atoms with Gasteiger partial charge in [0.05, 0.1) is 12.0 Å². The highest BCUT2D eigenvalue weighted by Crippen LogP contribution is 2.59. The van der Waals surface area contributed by atoms with Crippen molar-refractivity contribution in [3.8, 4) is 0 Å². The number of anilines is 1. The molecule has 2 aromatic rings. The highest BCUT2D eigenvalue weighted by molar-refractivity contribution is 6.13. The number of benzene rings is 2. The van der Waals surface area contributed by atoms with Crippen molar-refractivity contribution in [3.05, 3.63) is 77.1 Å². The number of hydrogen-bond acceptors (Lipinski definition) is 6. The van der Waals surface area contributed by atoms with Crippen LogP contribution in [-0.4, -0.2) is 53.4 Å². The quantitative estimate of drug-likeness (QED) is 0.577. The summed E-state index contributed by atoms with van der Waals surface area (Å²) in [6, 6.07) is 15.1. The van der Waals surface area contributed by atoms with Gasteiger partial charge < -0.3 is 19.5 Å². The number of nitrogens with one attached hydrogen (secondary N) is 1. The fourth-order valence-corrected chi connectivity index (χ4v) is 8.41. The third-order valence-corrected chi connectivity index (χ3v) is 10.0. The molecule has 1 N–H and O–H groups in total. The van der Waals surface area contributed by atoms with Crippen molar-refractivity contribution in [2.75, 3.05) is 11.9 Å². The van der Waals surface area contributed by atoms with Crippen LogP contribution in [0.15, 0.2) is 60.4 Å². The number of aryl methyl sites for hydroxylation is 1. The van der Waals surface area contributed by atoms with Crippen LogP contribution in [0.3, 0.4) is 0 Å². The number of para-hydroxylation sites is 1. The molecule has 2 spiro atoms. The van der Waals surface area contributed by atoms with E-state index in [0.29, 0.717) is 11.3 Å². The first-order valence-corrected chi connectivity index (χ1v) is 14.5. The van der Waals surface area contributed by atoms with Crippen LogP contribution in [0.5, 0.6) is 0 Å². The lowest BCUT2D eigenvalue weighted by Crippen LogP contribution is -2.53. The molecule has 5 heterocycles. The van der Waals surface area contributed by atoms with Gasteiger partial charge in [-0.15, -0.1) is 0 Å². The van der Waals surface area contributed by atoms with Gasteiger partial charge in [-0.1, -0.05) is 54.4 Å². The maximum absolute atomic E-state index is 14.5. The number of amides is 1. The smallest absolute Gasteiger partial charge is 0.238 e. The van der Waals surface area contributed by atoms with E-state index in [1.807, 2.05) is 61.5 Å². The van der Waals surface area contributed by atoms with Crippen LogP contribution in [-0.2, 0) is 24.4 Å². The Balaban J connectivity index is 1.25. The Morgan fingerprint density at radius 2 is 1.79 bits per heavy atom. The molecule has 39 heavy (non-hydrogen) atoms. The monoisotopic (exact) mass is 526 g/mol. The minimum absolute atomic E-state index is 0.0219. The number of nitrogens with zero attached hydrogens (tertiary/aromatic N) is 1. The van der Waals surface area contributed by atoms with Gasteiger partial charge in [0.25, 0.3) is 0 Å². The Hall–Kier alpha value is -3.00. The first kappa shape index (κ1) is 23.9. The second-order valence-corrected chi connectivity index (χ2v) is 12.2. The van der Waals surface area contributed by atoms with Crippen molar-refractivity contribution in [1.29, 1.82) is 0 Å². The van der Waals surface area contributed by atoms with E-state index in [4.69, 9.17) is 14.2 Å². The Morgan fingerprint density at radius 3 is 2.59 bits per heavy atom. The van der Waals surface area contributed by atoms with Crippen molar-refractivity contribution >= 4 is 17.4 Å². The van der Waals surface area contributed by atoms with E-state index in [1.54, 1.807) is 0 Å². The molecule has 6 aliphatic rings. The zero-order valence-electron chi connectivity index (χ0n) is 22.2. The predicted octanol–water partition coefficient (Wildman–Crippen LogP) is 4.85. The molecular weight excluding hydrogens is 492 g/mol. The third-order valence-electron chi connectivity index (χ3n) is 10.0. The predicted molar refractivity (Wildman–Crippen MR) is 144 cm³/mol. The van der Waals surface area contributed by atoms with Gasteiger partial charge in [0, 0.05) is 30.1 Å². The average Bonchev–Trinajstić information content (AvgIpc) is 3.72. The van der Waals surface area contributed by atoms with Crippen LogP contribution < -0.4 is 5.32 Å². The number of ketones is 1. The lowest BCUT2D eigenvalue weighted by Gasteiger charge is -2.37. The normalized spacial score (nSPS) is 36.0. The Labute approximate surface area is 228 Å². The molecule has 6 unspecified atom stereocenters. The number of carbonyl (C=O) groups is 2. The second-order valence-electron chi connectivity index (χ2n) is 12.2. The number of rotatable bonds is 3. The maximum Gasteiger partial charge on any atom is 0.238 e. The number of ether oxygens (including phenoxy) is 3. The average molecular weight is 527 g/mol. The van der Waals surface area contributed by atoms with Crippen LogP contribution in [0.1, 0.15) is 66.4 Å². The summed E-state index contributed by atoms with van der Waals surface area (Å²) in [5.74, 6) is -0.490. The second kappa shape index (κ2) is 8.50. The molecule has 4 fully saturated rings. The number of hydrogen-bond donors (Lipinski definition) is 1. The minimum atomic E-state index is -1.10. The van der Waals surface area contributed by atoms with Crippen LogP contribution in [0.4, 0.5) is 5.69 Å². The molecule has 5 aliphatic heterocycles. The molecule has 202 valence electrons. The van der Waals surface area contributed by atoms with Crippen LogP contribution in [0.25, 0.3) is 0 Å². The van der Waals surface area contributed by atoms with E-state index in [2.05, 4.69) is 10.2 Å². The van der Waals surface area contributed by atoms with Crippen molar-refractivity contribution in [2.24, 2.45) is 5.92 Å². The summed E-state index contributed by atoms with van der Waals surface area (Å²) in [4.78, 5) is 31.1. The molecule has 6 atom stereocenters. The van der Waals surface area contributed by atoms with Gasteiger partial charge in [0.15, 0.2) is 11.6 Å². The van der Waals surface area contributed by atoms with E-state index in [1.165, 1.54) is 6.42 Å². The summed E-state index contributed by atoms with van der Waals surface area (Å²) < 4.78 is 19.5. The Bertz CT molecular complexity index is 1380. The van der Waals surface area contributed by atoms with Gasteiger partial charge >= 0.3 is 0 Å². The molecule has 3 saturated heterocycles. The molecular formula is C32H34N2O5. The van der Waals surface area contributed by atoms with Crippen LogP contribution in [0, 0.1) is 12.8 Å². The first-order valence-electron chi connectivity index (χ1n) is 14.5.